The number of hydrogen-bond donors (Lipinski definition) is 2. The molecule has 0 aliphatic carbocycles. The maximum Gasteiger partial charge on any atom is 0.408 e. The number of aromatic carboxylic acids is 1. The van der Waals surface area contributed by atoms with E-state index in [0.717, 1.165) is 5.69 Å². The van der Waals surface area contributed by atoms with Crippen LogP contribution >= 0.6 is 0 Å². The molecule has 0 spiro atoms. The van der Waals surface area contributed by atoms with E-state index in [-0.39, 0.29) is 5.56 Å². The lowest BCUT2D eigenvalue weighted by Crippen LogP contribution is -2.49. The molecule has 0 aromatic carbocycles. The van der Waals surface area contributed by atoms with Gasteiger partial charge in [0, 0.05) is 25.0 Å². The molecule has 1 amide bonds. The number of ether oxygens (including phenoxy) is 1. The van der Waals surface area contributed by atoms with Gasteiger partial charge in [-0.25, -0.2) is 9.59 Å². The Balaban J connectivity index is 2.14. The number of carbonyl (C=O) groups is 2. The number of nitrogens with zero attached hydrogens (tertiary/aromatic N) is 2. The van der Waals surface area contributed by atoms with Gasteiger partial charge < -0.3 is 20.1 Å². The van der Waals surface area contributed by atoms with Gasteiger partial charge >= 0.3 is 12.1 Å². The Morgan fingerprint density at radius 2 is 2.08 bits per heavy atom. The van der Waals surface area contributed by atoms with Crippen molar-refractivity contribution in [3.05, 3.63) is 23.5 Å². The van der Waals surface area contributed by atoms with Crippen LogP contribution in [0, 0.1) is 6.92 Å². The lowest BCUT2D eigenvalue weighted by molar-refractivity contribution is 0.0472. The summed E-state index contributed by atoms with van der Waals surface area (Å²) in [7, 11) is 0. The summed E-state index contributed by atoms with van der Waals surface area (Å²) in [6.07, 6.45) is 1.62. The van der Waals surface area contributed by atoms with E-state index in [4.69, 9.17) is 4.74 Å². The minimum atomic E-state index is -1.01. The number of carboxylic acid groups (broad SMARTS) is 1. The molecule has 1 aliphatic rings. The summed E-state index contributed by atoms with van der Waals surface area (Å²) in [6.45, 7) is 10.4. The van der Waals surface area contributed by atoms with Gasteiger partial charge in [0.25, 0.3) is 0 Å². The molecule has 1 aliphatic heterocycles. The summed E-state index contributed by atoms with van der Waals surface area (Å²) in [4.78, 5) is 29.5. The number of hydrogen-bond acceptors (Lipinski definition) is 5. The van der Waals surface area contributed by atoms with Gasteiger partial charge in [0.05, 0.1) is 11.2 Å². The predicted molar refractivity (Wildman–Crippen MR) is 90.5 cm³/mol. The maximum atomic E-state index is 12.0. The van der Waals surface area contributed by atoms with Crippen LogP contribution in [0.15, 0.2) is 12.3 Å². The van der Waals surface area contributed by atoms with Crippen LogP contribution in [0.5, 0.6) is 0 Å². The fourth-order valence-electron chi connectivity index (χ4n) is 2.79. The number of aryl methyl sites for hydroxylation is 1. The minimum absolute atomic E-state index is 0.169. The van der Waals surface area contributed by atoms with E-state index in [1.807, 2.05) is 39.5 Å². The van der Waals surface area contributed by atoms with Crippen molar-refractivity contribution in [1.82, 2.24) is 10.3 Å². The summed E-state index contributed by atoms with van der Waals surface area (Å²) in [5.41, 5.74) is 0.516. The number of alkyl carbamates (subject to hydrolysis) is 1. The summed E-state index contributed by atoms with van der Waals surface area (Å²) in [5, 5.41) is 12.3. The van der Waals surface area contributed by atoms with Gasteiger partial charge in [-0.05, 0) is 47.1 Å². The monoisotopic (exact) mass is 335 g/mol. The number of aromatic nitrogens is 1. The first-order valence-electron chi connectivity index (χ1n) is 7.95. The van der Waals surface area contributed by atoms with Gasteiger partial charge in [0.15, 0.2) is 0 Å². The second kappa shape index (κ2) is 6.30. The zero-order valence-electron chi connectivity index (χ0n) is 14.8. The van der Waals surface area contributed by atoms with Gasteiger partial charge in [-0.15, -0.1) is 0 Å². The van der Waals surface area contributed by atoms with Crippen LogP contribution in [-0.2, 0) is 4.74 Å². The Kier molecular flexibility index (Phi) is 4.73. The molecule has 24 heavy (non-hydrogen) atoms. The molecule has 1 atom stereocenters. The maximum absolute atomic E-state index is 12.0. The fraction of sp³-hybridized carbons (Fsp3) is 0.588. The summed E-state index contributed by atoms with van der Waals surface area (Å²) in [5.74, 6) is -1.01. The number of carboxylic acids is 1. The van der Waals surface area contributed by atoms with Crippen molar-refractivity contribution in [2.24, 2.45) is 0 Å². The van der Waals surface area contributed by atoms with Crippen LogP contribution in [0.2, 0.25) is 0 Å². The molecule has 1 aromatic rings. The molecule has 0 saturated carbocycles. The van der Waals surface area contributed by atoms with Crippen LogP contribution in [0.25, 0.3) is 0 Å². The Labute approximate surface area is 142 Å². The third-order valence-electron chi connectivity index (χ3n) is 3.87. The first-order chi connectivity index (χ1) is 11.0. The molecule has 1 saturated heterocycles. The van der Waals surface area contributed by atoms with E-state index in [9.17, 15) is 14.7 Å². The Morgan fingerprint density at radius 1 is 1.42 bits per heavy atom. The lowest BCUT2D eigenvalue weighted by Gasteiger charge is -2.29. The van der Waals surface area contributed by atoms with Crippen LogP contribution in [0.3, 0.4) is 0 Å². The van der Waals surface area contributed by atoms with E-state index in [2.05, 4.69) is 10.3 Å². The van der Waals surface area contributed by atoms with Crippen LogP contribution in [-0.4, -0.2) is 46.4 Å². The number of rotatable bonds is 3. The number of amides is 1. The fourth-order valence-corrected chi connectivity index (χ4v) is 2.79. The van der Waals surface area contributed by atoms with E-state index in [1.54, 1.807) is 6.07 Å². The van der Waals surface area contributed by atoms with Crippen molar-refractivity contribution in [2.75, 3.05) is 18.0 Å². The van der Waals surface area contributed by atoms with Gasteiger partial charge in [0.1, 0.15) is 11.2 Å². The second-order valence-corrected chi connectivity index (χ2v) is 7.51. The van der Waals surface area contributed by atoms with Gasteiger partial charge in [-0.1, -0.05) is 0 Å². The zero-order chi connectivity index (χ0) is 18.1. The molecule has 2 heterocycles. The standard InChI is InChI=1S/C17H25N3O4/c1-11-8-13(12(9-18-11)14(21)22)20-7-6-17(5,10-20)19-15(23)24-16(2,3)4/h8-9H,6-7,10H2,1-5H3,(H,19,23)(H,21,22)/t17-/m0/s1. The smallest absolute Gasteiger partial charge is 0.408 e. The van der Waals surface area contributed by atoms with Crippen molar-refractivity contribution < 1.29 is 19.4 Å². The number of anilines is 1. The zero-order valence-corrected chi connectivity index (χ0v) is 14.8. The molecule has 0 unspecified atom stereocenters. The van der Waals surface area contributed by atoms with E-state index < -0.39 is 23.2 Å². The normalized spacial score (nSPS) is 20.8. The molecule has 7 nitrogen and oxygen atoms in total. The summed E-state index contributed by atoms with van der Waals surface area (Å²) < 4.78 is 5.31. The van der Waals surface area contributed by atoms with E-state index in [0.29, 0.717) is 25.2 Å². The average molecular weight is 335 g/mol. The summed E-state index contributed by atoms with van der Waals surface area (Å²) >= 11 is 0. The highest BCUT2D eigenvalue weighted by Crippen LogP contribution is 2.30. The van der Waals surface area contributed by atoms with Crippen molar-refractivity contribution >= 4 is 17.7 Å². The lowest BCUT2D eigenvalue weighted by atomic mass is 10.0. The molecule has 2 N–H and O–H groups in total. The molecular weight excluding hydrogens is 310 g/mol. The predicted octanol–water partition coefficient (Wildman–Crippen LogP) is 2.58. The number of pyridine rings is 1. The molecule has 0 bridgehead atoms. The molecule has 1 fully saturated rings. The van der Waals surface area contributed by atoms with Crippen LogP contribution in [0.1, 0.15) is 50.2 Å². The largest absolute Gasteiger partial charge is 0.478 e. The van der Waals surface area contributed by atoms with Gasteiger partial charge in [-0.3, -0.25) is 4.98 Å². The second-order valence-electron chi connectivity index (χ2n) is 7.51. The molecule has 1 aromatic heterocycles. The highest BCUT2D eigenvalue weighted by molar-refractivity contribution is 5.94. The number of nitrogens with one attached hydrogen (secondary N) is 1. The molecular formula is C17H25N3O4. The topological polar surface area (TPSA) is 91.8 Å². The Hall–Kier alpha value is -2.31. The molecule has 7 heteroatoms. The minimum Gasteiger partial charge on any atom is -0.478 e. The van der Waals surface area contributed by atoms with Crippen molar-refractivity contribution in [2.45, 2.75) is 52.2 Å². The average Bonchev–Trinajstić information content (AvgIpc) is 2.77. The van der Waals surface area contributed by atoms with Crippen LogP contribution in [0.4, 0.5) is 10.5 Å². The Bertz CT molecular complexity index is 654. The van der Waals surface area contributed by atoms with E-state index >= 15 is 0 Å². The SMILES string of the molecule is Cc1cc(N2CC[C@](C)(NC(=O)OC(C)(C)C)C2)c(C(=O)O)cn1. The summed E-state index contributed by atoms with van der Waals surface area (Å²) in [6, 6.07) is 1.77. The van der Waals surface area contributed by atoms with Crippen molar-refractivity contribution in [3.63, 3.8) is 0 Å². The van der Waals surface area contributed by atoms with Gasteiger partial charge in [0.2, 0.25) is 0 Å². The first-order valence-corrected chi connectivity index (χ1v) is 7.95. The van der Waals surface area contributed by atoms with Crippen LogP contribution < -0.4 is 10.2 Å². The van der Waals surface area contributed by atoms with Gasteiger partial charge in [-0.2, -0.15) is 0 Å². The Morgan fingerprint density at radius 3 is 2.67 bits per heavy atom. The third kappa shape index (κ3) is 4.37. The quantitative estimate of drug-likeness (QED) is 0.882. The van der Waals surface area contributed by atoms with Crippen molar-refractivity contribution in [1.29, 1.82) is 0 Å². The first kappa shape index (κ1) is 18.0. The molecule has 0 radical (unpaired) electrons. The number of carbonyl (C=O) groups excluding carboxylic acids is 1. The van der Waals surface area contributed by atoms with E-state index in [1.165, 1.54) is 6.20 Å². The molecule has 2 rings (SSSR count). The highest BCUT2D eigenvalue weighted by Gasteiger charge is 2.37. The van der Waals surface area contributed by atoms with Crippen molar-refractivity contribution in [3.8, 4) is 0 Å². The molecule has 132 valence electrons. The third-order valence-corrected chi connectivity index (χ3v) is 3.87. The highest BCUT2D eigenvalue weighted by atomic mass is 16.6.